The molecule has 34 heavy (non-hydrogen) atoms. The topological polar surface area (TPSA) is 117 Å². The van der Waals surface area contributed by atoms with Crippen molar-refractivity contribution < 1.29 is 0 Å². The van der Waals surface area contributed by atoms with Crippen molar-refractivity contribution in [3.8, 4) is 16.9 Å². The quantitative estimate of drug-likeness (QED) is 0.364. The lowest BCUT2D eigenvalue weighted by molar-refractivity contribution is 0.774. The molecule has 9 heteroatoms. The number of para-hydroxylation sites is 1. The fourth-order valence-electron chi connectivity index (χ4n) is 4.32. The molecule has 0 aliphatic heterocycles. The molecule has 0 aliphatic rings. The summed E-state index contributed by atoms with van der Waals surface area (Å²) < 4.78 is 1.75. The van der Waals surface area contributed by atoms with Gasteiger partial charge in [-0.3, -0.25) is 14.5 Å². The first kappa shape index (κ1) is 19.9. The first-order chi connectivity index (χ1) is 16.7. The highest BCUT2D eigenvalue weighted by molar-refractivity contribution is 5.95. The van der Waals surface area contributed by atoms with Gasteiger partial charge >= 0.3 is 0 Å². The van der Waals surface area contributed by atoms with E-state index in [1.807, 2.05) is 67.6 Å². The highest BCUT2D eigenvalue weighted by Gasteiger charge is 2.20. The molecule has 3 N–H and O–H groups in total. The van der Waals surface area contributed by atoms with E-state index >= 15 is 0 Å². The summed E-state index contributed by atoms with van der Waals surface area (Å²) in [6.45, 7) is 2.00. The molecule has 2 aromatic carbocycles. The summed E-state index contributed by atoms with van der Waals surface area (Å²) in [5, 5.41) is 12.0. The normalized spacial score (nSPS) is 12.3. The molecule has 0 radical (unpaired) electrons. The molecule has 6 rings (SSSR count). The lowest BCUT2D eigenvalue weighted by Crippen LogP contribution is -2.26. The van der Waals surface area contributed by atoms with E-state index in [1.54, 1.807) is 17.1 Å². The summed E-state index contributed by atoms with van der Waals surface area (Å²) in [6.07, 6.45) is 4.82. The van der Waals surface area contributed by atoms with Gasteiger partial charge in [-0.05, 0) is 36.6 Å². The van der Waals surface area contributed by atoms with Crippen molar-refractivity contribution in [1.29, 1.82) is 0 Å². The zero-order valence-electron chi connectivity index (χ0n) is 18.2. The lowest BCUT2D eigenvalue weighted by atomic mass is 10.0. The van der Waals surface area contributed by atoms with Crippen molar-refractivity contribution >= 4 is 27.8 Å². The predicted octanol–water partition coefficient (Wildman–Crippen LogP) is 4.22. The summed E-state index contributed by atoms with van der Waals surface area (Å²) in [5.41, 5.74) is 4.26. The molecular weight excluding hydrogens is 428 g/mol. The molecule has 6 aromatic rings. The molecule has 0 unspecified atom stereocenters. The fraction of sp³-hybridized carbons (Fsp3) is 0.0800. The molecule has 0 aliphatic carbocycles. The maximum absolute atomic E-state index is 14.0. The zero-order chi connectivity index (χ0) is 23.1. The number of pyridine rings is 1. The Morgan fingerprint density at radius 3 is 2.71 bits per heavy atom. The van der Waals surface area contributed by atoms with E-state index in [4.69, 9.17) is 0 Å². The minimum Gasteiger partial charge on any atom is -0.360 e. The first-order valence-electron chi connectivity index (χ1n) is 10.9. The average molecular weight is 448 g/mol. The molecule has 0 fully saturated rings. The van der Waals surface area contributed by atoms with Gasteiger partial charge in [-0.25, -0.2) is 15.0 Å². The van der Waals surface area contributed by atoms with Gasteiger partial charge in [0.2, 0.25) is 0 Å². The van der Waals surface area contributed by atoms with Crippen molar-refractivity contribution in [3.05, 3.63) is 95.6 Å². The third-order valence-corrected chi connectivity index (χ3v) is 5.88. The molecule has 0 amide bonds. The van der Waals surface area contributed by atoms with Crippen molar-refractivity contribution in [3.63, 3.8) is 0 Å². The van der Waals surface area contributed by atoms with Gasteiger partial charge in [0.25, 0.3) is 5.56 Å². The molecule has 166 valence electrons. The Bertz CT molecular complexity index is 1670. The molecule has 4 heterocycles. The smallest absolute Gasteiger partial charge is 0.263 e. The second kappa shape index (κ2) is 7.96. The Hall–Kier alpha value is -4.79. The molecule has 1 atom stereocenters. The lowest BCUT2D eigenvalue weighted by Gasteiger charge is -2.22. The number of anilines is 1. The van der Waals surface area contributed by atoms with Gasteiger partial charge in [0.05, 0.1) is 23.4 Å². The van der Waals surface area contributed by atoms with E-state index < -0.39 is 0 Å². The van der Waals surface area contributed by atoms with Crippen molar-refractivity contribution in [1.82, 2.24) is 34.7 Å². The summed E-state index contributed by atoms with van der Waals surface area (Å²) >= 11 is 0. The second-order valence-electron chi connectivity index (χ2n) is 7.96. The molecule has 0 saturated carbocycles. The maximum Gasteiger partial charge on any atom is 0.263 e. The number of fused-ring (bicyclic) bond motifs is 2. The van der Waals surface area contributed by atoms with E-state index in [9.17, 15) is 4.79 Å². The van der Waals surface area contributed by atoms with Gasteiger partial charge in [-0.1, -0.05) is 36.4 Å². The van der Waals surface area contributed by atoms with Gasteiger partial charge < -0.3 is 10.3 Å². The van der Waals surface area contributed by atoms with E-state index in [2.05, 4.69) is 35.5 Å². The summed E-state index contributed by atoms with van der Waals surface area (Å²) in [4.78, 5) is 30.0. The number of nitrogens with zero attached hydrogens (tertiary/aromatic N) is 5. The van der Waals surface area contributed by atoms with Crippen LogP contribution in [-0.4, -0.2) is 34.7 Å². The third kappa shape index (κ3) is 3.22. The van der Waals surface area contributed by atoms with Gasteiger partial charge in [0.1, 0.15) is 11.8 Å². The Morgan fingerprint density at radius 1 is 1.00 bits per heavy atom. The SMILES string of the molecule is C[C@@H](Nc1ncnc2[nH]cnc12)c1cc2cccc(-c3cc[nH]n3)c2c(=O)n1-c1ccccc1. The first-order valence-corrected chi connectivity index (χ1v) is 10.9. The van der Waals surface area contributed by atoms with Crippen LogP contribution in [0, 0.1) is 0 Å². The van der Waals surface area contributed by atoms with Crippen molar-refractivity contribution in [2.45, 2.75) is 13.0 Å². The van der Waals surface area contributed by atoms with Crippen LogP contribution in [0.4, 0.5) is 5.82 Å². The second-order valence-corrected chi connectivity index (χ2v) is 7.96. The highest BCUT2D eigenvalue weighted by atomic mass is 16.1. The molecule has 0 spiro atoms. The van der Waals surface area contributed by atoms with Crippen LogP contribution in [0.1, 0.15) is 18.7 Å². The average Bonchev–Trinajstić information content (AvgIpc) is 3.57. The van der Waals surface area contributed by atoms with Gasteiger partial charge in [-0.2, -0.15) is 5.10 Å². The maximum atomic E-state index is 14.0. The van der Waals surface area contributed by atoms with Crippen LogP contribution in [0.3, 0.4) is 0 Å². The van der Waals surface area contributed by atoms with Crippen LogP contribution >= 0.6 is 0 Å². The minimum absolute atomic E-state index is 0.112. The molecule has 0 bridgehead atoms. The van der Waals surface area contributed by atoms with E-state index in [-0.39, 0.29) is 11.6 Å². The van der Waals surface area contributed by atoms with Crippen LogP contribution in [-0.2, 0) is 0 Å². The molecule has 9 nitrogen and oxygen atoms in total. The van der Waals surface area contributed by atoms with Crippen molar-refractivity contribution in [2.24, 2.45) is 0 Å². The van der Waals surface area contributed by atoms with Crippen molar-refractivity contribution in [2.75, 3.05) is 5.32 Å². The predicted molar refractivity (Wildman–Crippen MR) is 131 cm³/mol. The molecule has 4 aromatic heterocycles. The summed E-state index contributed by atoms with van der Waals surface area (Å²) in [7, 11) is 0. The Labute approximate surface area is 193 Å². The summed E-state index contributed by atoms with van der Waals surface area (Å²) in [5.74, 6) is 0.594. The number of aromatic amines is 2. The van der Waals surface area contributed by atoms with E-state index in [1.165, 1.54) is 6.33 Å². The highest BCUT2D eigenvalue weighted by Crippen LogP contribution is 2.29. The van der Waals surface area contributed by atoms with Crippen LogP contribution in [0.5, 0.6) is 0 Å². The number of hydrogen-bond donors (Lipinski definition) is 3. The molecular formula is C25H20N8O. The Morgan fingerprint density at radius 2 is 1.88 bits per heavy atom. The summed E-state index contributed by atoms with van der Waals surface area (Å²) in [6, 6.07) is 19.1. The number of imidazole rings is 1. The number of H-pyrrole nitrogens is 2. The Balaban J connectivity index is 1.58. The van der Waals surface area contributed by atoms with E-state index in [0.717, 1.165) is 28.0 Å². The third-order valence-electron chi connectivity index (χ3n) is 5.88. The van der Waals surface area contributed by atoms with Gasteiger partial charge in [0, 0.05) is 23.1 Å². The van der Waals surface area contributed by atoms with Crippen LogP contribution in [0.2, 0.25) is 0 Å². The van der Waals surface area contributed by atoms with Gasteiger partial charge in [0.15, 0.2) is 11.5 Å². The molecule has 0 saturated heterocycles. The number of rotatable bonds is 5. The Kier molecular flexibility index (Phi) is 4.65. The van der Waals surface area contributed by atoms with E-state index in [0.29, 0.717) is 22.4 Å². The monoisotopic (exact) mass is 448 g/mol. The fourth-order valence-corrected chi connectivity index (χ4v) is 4.32. The van der Waals surface area contributed by atoms with Gasteiger partial charge in [-0.15, -0.1) is 0 Å². The number of nitrogens with one attached hydrogen (secondary N) is 3. The largest absolute Gasteiger partial charge is 0.360 e. The number of hydrogen-bond acceptors (Lipinski definition) is 6. The number of benzene rings is 2. The van der Waals surface area contributed by atoms with Crippen LogP contribution < -0.4 is 10.9 Å². The zero-order valence-corrected chi connectivity index (χ0v) is 18.2. The van der Waals surface area contributed by atoms with Crippen LogP contribution in [0.15, 0.2) is 84.3 Å². The number of aromatic nitrogens is 7. The van der Waals surface area contributed by atoms with Crippen LogP contribution in [0.25, 0.3) is 38.9 Å². The standard InChI is InChI=1S/C25H20N8O/c1-15(31-24-22-23(27-13-26-22)28-14-29-24)20-12-16-6-5-9-18(19-10-11-30-32-19)21(16)25(34)33(20)17-7-3-2-4-8-17/h2-15H,1H3,(H,30,32)(H2,26,27,28,29,31)/t15-/m1/s1. The minimum atomic E-state index is -0.263.